The lowest BCUT2D eigenvalue weighted by Crippen LogP contribution is -2.47. The number of carbonyl (C=O) groups is 2. The van der Waals surface area contributed by atoms with E-state index in [2.05, 4.69) is 17.1 Å². The van der Waals surface area contributed by atoms with Crippen molar-refractivity contribution in [2.45, 2.75) is 70.5 Å². The number of nitrogens with one attached hydrogen (secondary N) is 1. The van der Waals surface area contributed by atoms with Gasteiger partial charge < -0.3 is 19.9 Å². The minimum absolute atomic E-state index is 0.0762. The molecule has 1 aliphatic carbocycles. The first-order valence-electron chi connectivity index (χ1n) is 13.3. The Labute approximate surface area is 218 Å². The van der Waals surface area contributed by atoms with E-state index in [1.807, 2.05) is 17.0 Å². The molecule has 6 nitrogen and oxygen atoms in total. The molecule has 0 spiro atoms. The number of rotatable bonds is 7. The second kappa shape index (κ2) is 11.2. The van der Waals surface area contributed by atoms with E-state index >= 15 is 0 Å². The van der Waals surface area contributed by atoms with Gasteiger partial charge in [0.2, 0.25) is 5.91 Å². The topological polar surface area (TPSA) is 61.9 Å². The standard InChI is InChI=1S/C29H36ClN3O3/c1-20-16-28(34)33(18-20)19-22-7-6-21(17-27(22)36-26-10-8-23(30)9-11-26)29(35)31-24-12-14-32(15-13-24)25-4-2-3-5-25/h6-11,17,20,24-25H,2-5,12-16,18-19H2,1H3,(H,31,35). The first kappa shape index (κ1) is 25.1. The van der Waals surface area contributed by atoms with Gasteiger partial charge in [-0.2, -0.15) is 0 Å². The van der Waals surface area contributed by atoms with Crippen LogP contribution in [0, 0.1) is 5.92 Å². The van der Waals surface area contributed by atoms with Gasteiger partial charge in [-0.1, -0.05) is 37.4 Å². The van der Waals surface area contributed by atoms with Crippen LogP contribution in [-0.2, 0) is 11.3 Å². The van der Waals surface area contributed by atoms with Crippen LogP contribution in [0.25, 0.3) is 0 Å². The summed E-state index contributed by atoms with van der Waals surface area (Å²) in [7, 11) is 0. The molecule has 2 aromatic rings. The Morgan fingerprint density at radius 1 is 1.06 bits per heavy atom. The van der Waals surface area contributed by atoms with Gasteiger partial charge in [0.1, 0.15) is 11.5 Å². The van der Waals surface area contributed by atoms with Crippen molar-refractivity contribution >= 4 is 23.4 Å². The third-order valence-electron chi connectivity index (χ3n) is 7.85. The van der Waals surface area contributed by atoms with Crippen molar-refractivity contribution in [3.05, 3.63) is 58.6 Å². The van der Waals surface area contributed by atoms with Gasteiger partial charge in [0.05, 0.1) is 0 Å². The Hall–Kier alpha value is -2.57. The fourth-order valence-corrected chi connectivity index (χ4v) is 5.95. The fourth-order valence-electron chi connectivity index (χ4n) is 5.83. The number of likely N-dealkylation sites (tertiary alicyclic amines) is 2. The van der Waals surface area contributed by atoms with Crippen LogP contribution >= 0.6 is 11.6 Å². The molecule has 0 radical (unpaired) electrons. The molecule has 2 saturated heterocycles. The van der Waals surface area contributed by atoms with Crippen molar-refractivity contribution in [2.24, 2.45) is 5.92 Å². The number of hydrogen-bond acceptors (Lipinski definition) is 4. The zero-order valence-corrected chi connectivity index (χ0v) is 21.8. The van der Waals surface area contributed by atoms with Crippen molar-refractivity contribution in [3.8, 4) is 11.5 Å². The van der Waals surface area contributed by atoms with Crippen LogP contribution in [0.2, 0.25) is 5.02 Å². The number of carbonyl (C=O) groups excluding carboxylic acids is 2. The van der Waals surface area contributed by atoms with Crippen molar-refractivity contribution in [1.29, 1.82) is 0 Å². The van der Waals surface area contributed by atoms with E-state index in [1.54, 1.807) is 30.3 Å². The number of hydrogen-bond donors (Lipinski definition) is 1. The largest absolute Gasteiger partial charge is 0.457 e. The molecule has 2 heterocycles. The van der Waals surface area contributed by atoms with Crippen molar-refractivity contribution < 1.29 is 14.3 Å². The van der Waals surface area contributed by atoms with Crippen molar-refractivity contribution in [2.75, 3.05) is 19.6 Å². The summed E-state index contributed by atoms with van der Waals surface area (Å²) >= 11 is 6.04. The molecule has 2 aromatic carbocycles. The van der Waals surface area contributed by atoms with Gasteiger partial charge in [0.25, 0.3) is 5.91 Å². The van der Waals surface area contributed by atoms with E-state index in [1.165, 1.54) is 25.7 Å². The second-order valence-electron chi connectivity index (χ2n) is 10.7. The summed E-state index contributed by atoms with van der Waals surface area (Å²) in [5.41, 5.74) is 1.45. The lowest BCUT2D eigenvalue weighted by molar-refractivity contribution is -0.128. The highest BCUT2D eigenvalue weighted by atomic mass is 35.5. The smallest absolute Gasteiger partial charge is 0.251 e. The summed E-state index contributed by atoms with van der Waals surface area (Å²) in [5, 5.41) is 3.88. The molecule has 5 rings (SSSR count). The zero-order valence-electron chi connectivity index (χ0n) is 21.0. The first-order valence-corrected chi connectivity index (χ1v) is 13.7. The number of benzene rings is 2. The Balaban J connectivity index is 1.28. The number of nitrogens with zero attached hydrogens (tertiary/aromatic N) is 2. The highest BCUT2D eigenvalue weighted by Gasteiger charge is 2.29. The van der Waals surface area contributed by atoms with Gasteiger partial charge in [0, 0.05) is 60.8 Å². The van der Waals surface area contributed by atoms with Gasteiger partial charge in [-0.25, -0.2) is 0 Å². The average molecular weight is 510 g/mol. The molecular weight excluding hydrogens is 474 g/mol. The molecule has 0 bridgehead atoms. The molecule has 1 unspecified atom stereocenters. The molecule has 36 heavy (non-hydrogen) atoms. The third-order valence-corrected chi connectivity index (χ3v) is 8.10. The molecule has 192 valence electrons. The van der Waals surface area contributed by atoms with E-state index < -0.39 is 0 Å². The summed E-state index contributed by atoms with van der Waals surface area (Å²) in [4.78, 5) is 30.1. The molecule has 3 fully saturated rings. The molecule has 2 amide bonds. The summed E-state index contributed by atoms with van der Waals surface area (Å²) in [6, 6.07) is 13.7. The minimum atomic E-state index is -0.0762. The summed E-state index contributed by atoms with van der Waals surface area (Å²) in [5.74, 6) is 1.66. The van der Waals surface area contributed by atoms with Crippen LogP contribution in [0.4, 0.5) is 0 Å². The lowest BCUT2D eigenvalue weighted by Gasteiger charge is -2.36. The third kappa shape index (κ3) is 6.04. The Morgan fingerprint density at radius 3 is 2.44 bits per heavy atom. The predicted octanol–water partition coefficient (Wildman–Crippen LogP) is 5.64. The minimum Gasteiger partial charge on any atom is -0.457 e. The van der Waals surface area contributed by atoms with Crippen LogP contribution in [0.3, 0.4) is 0 Å². The lowest BCUT2D eigenvalue weighted by atomic mass is 10.0. The maximum absolute atomic E-state index is 13.2. The average Bonchev–Trinajstić information content (AvgIpc) is 3.51. The molecule has 1 saturated carbocycles. The number of halogens is 1. The zero-order chi connectivity index (χ0) is 25.1. The van der Waals surface area contributed by atoms with Crippen LogP contribution in [0.15, 0.2) is 42.5 Å². The number of piperidine rings is 1. The van der Waals surface area contributed by atoms with Crippen LogP contribution in [0.1, 0.15) is 67.8 Å². The summed E-state index contributed by atoms with van der Waals surface area (Å²) in [6.07, 6.45) is 7.90. The van der Waals surface area contributed by atoms with Crippen LogP contribution < -0.4 is 10.1 Å². The molecular formula is C29H36ClN3O3. The Kier molecular flexibility index (Phi) is 7.82. The first-order chi connectivity index (χ1) is 17.4. The van der Waals surface area contributed by atoms with E-state index in [4.69, 9.17) is 16.3 Å². The van der Waals surface area contributed by atoms with Crippen LogP contribution in [0.5, 0.6) is 11.5 Å². The summed E-state index contributed by atoms with van der Waals surface area (Å²) < 4.78 is 6.21. The van der Waals surface area contributed by atoms with Gasteiger partial charge in [-0.05, 0) is 68.0 Å². The molecule has 7 heteroatoms. The van der Waals surface area contributed by atoms with E-state index in [0.29, 0.717) is 41.0 Å². The van der Waals surface area contributed by atoms with Crippen molar-refractivity contribution in [1.82, 2.24) is 15.1 Å². The highest BCUT2D eigenvalue weighted by Crippen LogP contribution is 2.31. The maximum Gasteiger partial charge on any atom is 0.251 e. The van der Waals surface area contributed by atoms with Crippen molar-refractivity contribution in [3.63, 3.8) is 0 Å². The van der Waals surface area contributed by atoms with E-state index in [0.717, 1.165) is 44.1 Å². The Bertz CT molecular complexity index is 1080. The van der Waals surface area contributed by atoms with E-state index in [-0.39, 0.29) is 17.9 Å². The molecule has 1 atom stereocenters. The van der Waals surface area contributed by atoms with E-state index in [9.17, 15) is 9.59 Å². The fraction of sp³-hybridized carbons (Fsp3) is 0.517. The normalized spacial score (nSPS) is 21.8. The Morgan fingerprint density at radius 2 is 1.78 bits per heavy atom. The molecule has 0 aromatic heterocycles. The second-order valence-corrected chi connectivity index (χ2v) is 11.1. The molecule has 2 aliphatic heterocycles. The quantitative estimate of drug-likeness (QED) is 0.525. The molecule has 1 N–H and O–H groups in total. The summed E-state index contributed by atoms with van der Waals surface area (Å²) in [6.45, 7) is 5.41. The van der Waals surface area contributed by atoms with Gasteiger partial charge in [0.15, 0.2) is 0 Å². The van der Waals surface area contributed by atoms with Gasteiger partial charge in [-0.3, -0.25) is 9.59 Å². The van der Waals surface area contributed by atoms with Gasteiger partial charge >= 0.3 is 0 Å². The monoisotopic (exact) mass is 509 g/mol. The van der Waals surface area contributed by atoms with Gasteiger partial charge in [-0.15, -0.1) is 0 Å². The SMILES string of the molecule is CC1CC(=O)N(Cc2ccc(C(=O)NC3CCN(C4CCCC4)CC3)cc2Oc2ccc(Cl)cc2)C1. The predicted molar refractivity (Wildman–Crippen MR) is 141 cm³/mol. The maximum atomic E-state index is 13.2. The molecule has 3 aliphatic rings. The number of ether oxygens (including phenoxy) is 1. The van der Waals surface area contributed by atoms with Crippen LogP contribution in [-0.4, -0.2) is 53.3 Å². The number of amides is 2. The highest BCUT2D eigenvalue weighted by molar-refractivity contribution is 6.30.